The Balaban J connectivity index is 1.95. The molecule has 0 nitrogen and oxygen atoms in total. The van der Waals surface area contributed by atoms with E-state index in [4.69, 9.17) is 11.6 Å². The van der Waals surface area contributed by atoms with Crippen LogP contribution in [0.5, 0.6) is 0 Å². The van der Waals surface area contributed by atoms with E-state index in [2.05, 4.69) is 31.2 Å². The molecule has 0 heterocycles. The molecule has 1 heteroatoms. The zero-order valence-corrected chi connectivity index (χ0v) is 10.1. The van der Waals surface area contributed by atoms with E-state index in [1.807, 2.05) is 0 Å². The molecular weight excluding hydrogens is 204 g/mol. The minimum absolute atomic E-state index is 0.342. The normalized spacial score (nSPS) is 19.3. The fourth-order valence-corrected chi connectivity index (χ4v) is 2.98. The van der Waals surface area contributed by atoms with E-state index in [-0.39, 0.29) is 0 Å². The first kappa shape index (κ1) is 11.0. The number of alkyl halides is 1. The van der Waals surface area contributed by atoms with Gasteiger partial charge in [-0.1, -0.05) is 42.7 Å². The van der Waals surface area contributed by atoms with Gasteiger partial charge in [-0.3, -0.25) is 0 Å². The van der Waals surface area contributed by atoms with E-state index in [0.717, 1.165) is 12.3 Å². The fourth-order valence-electron chi connectivity index (χ4n) is 2.55. The lowest BCUT2D eigenvalue weighted by atomic mass is 9.97. The lowest BCUT2D eigenvalue weighted by Crippen LogP contribution is -2.14. The van der Waals surface area contributed by atoms with Crippen molar-refractivity contribution in [2.24, 2.45) is 5.92 Å². The summed E-state index contributed by atoms with van der Waals surface area (Å²) in [6.45, 7) is 2.14. The second-order valence-electron chi connectivity index (χ2n) is 4.75. The van der Waals surface area contributed by atoms with E-state index in [0.29, 0.717) is 5.38 Å². The molecule has 1 unspecified atom stereocenters. The van der Waals surface area contributed by atoms with E-state index in [1.165, 1.54) is 36.8 Å². The molecule has 1 aromatic rings. The zero-order chi connectivity index (χ0) is 10.7. The lowest BCUT2D eigenvalue weighted by Gasteiger charge is -2.16. The number of hydrogen-bond donors (Lipinski definition) is 0. The molecule has 0 radical (unpaired) electrons. The maximum atomic E-state index is 6.47. The highest BCUT2D eigenvalue weighted by Gasteiger charge is 2.23. The van der Waals surface area contributed by atoms with Crippen LogP contribution in [0.15, 0.2) is 24.3 Å². The SMILES string of the molecule is Cc1cccc(CC(Cl)C2CCCC2)c1. The second-order valence-corrected chi connectivity index (χ2v) is 5.31. The summed E-state index contributed by atoms with van der Waals surface area (Å²) in [5.41, 5.74) is 2.73. The quantitative estimate of drug-likeness (QED) is 0.668. The van der Waals surface area contributed by atoms with Crippen molar-refractivity contribution < 1.29 is 0 Å². The molecule has 0 saturated heterocycles. The summed E-state index contributed by atoms with van der Waals surface area (Å²) in [6.07, 6.45) is 6.46. The van der Waals surface area contributed by atoms with Gasteiger partial charge >= 0.3 is 0 Å². The molecular formula is C14H19Cl. The molecule has 0 aromatic heterocycles. The zero-order valence-electron chi connectivity index (χ0n) is 9.38. The van der Waals surface area contributed by atoms with Crippen LogP contribution in [0.1, 0.15) is 36.8 Å². The molecule has 1 aromatic carbocycles. The van der Waals surface area contributed by atoms with Crippen molar-refractivity contribution in [3.8, 4) is 0 Å². The van der Waals surface area contributed by atoms with Gasteiger partial charge in [0.1, 0.15) is 0 Å². The third-order valence-electron chi connectivity index (χ3n) is 3.42. The predicted octanol–water partition coefficient (Wildman–Crippen LogP) is 4.34. The largest absolute Gasteiger partial charge is 0.122 e. The predicted molar refractivity (Wildman–Crippen MR) is 66.5 cm³/mol. The Bertz CT molecular complexity index is 313. The van der Waals surface area contributed by atoms with Gasteiger partial charge in [-0.05, 0) is 37.7 Å². The Morgan fingerprint density at radius 2 is 2.07 bits per heavy atom. The number of benzene rings is 1. The fraction of sp³-hybridized carbons (Fsp3) is 0.571. The summed E-state index contributed by atoms with van der Waals surface area (Å²) in [5, 5.41) is 0.342. The third kappa shape index (κ3) is 2.98. The van der Waals surface area contributed by atoms with Crippen molar-refractivity contribution in [2.75, 3.05) is 0 Å². The van der Waals surface area contributed by atoms with Gasteiger partial charge in [0.2, 0.25) is 0 Å². The van der Waals surface area contributed by atoms with E-state index in [9.17, 15) is 0 Å². The highest BCUT2D eigenvalue weighted by atomic mass is 35.5. The first-order valence-corrected chi connectivity index (χ1v) is 6.39. The highest BCUT2D eigenvalue weighted by molar-refractivity contribution is 6.20. The van der Waals surface area contributed by atoms with E-state index >= 15 is 0 Å². The van der Waals surface area contributed by atoms with Crippen LogP contribution >= 0.6 is 11.6 Å². The number of halogens is 1. The summed E-state index contributed by atoms with van der Waals surface area (Å²) in [4.78, 5) is 0. The average Bonchev–Trinajstić information content (AvgIpc) is 2.70. The van der Waals surface area contributed by atoms with Crippen LogP contribution in [0.25, 0.3) is 0 Å². The second kappa shape index (κ2) is 5.03. The van der Waals surface area contributed by atoms with Gasteiger partial charge in [0.15, 0.2) is 0 Å². The molecule has 1 atom stereocenters. The molecule has 1 saturated carbocycles. The molecule has 0 bridgehead atoms. The lowest BCUT2D eigenvalue weighted by molar-refractivity contribution is 0.512. The minimum atomic E-state index is 0.342. The van der Waals surface area contributed by atoms with Crippen LogP contribution in [0.3, 0.4) is 0 Å². The first-order chi connectivity index (χ1) is 7.25. The van der Waals surface area contributed by atoms with Gasteiger partial charge in [0.05, 0.1) is 0 Å². The maximum absolute atomic E-state index is 6.47. The molecule has 1 aliphatic rings. The number of hydrogen-bond acceptors (Lipinski definition) is 0. The molecule has 82 valence electrons. The molecule has 0 N–H and O–H groups in total. The summed E-state index contributed by atoms with van der Waals surface area (Å²) < 4.78 is 0. The van der Waals surface area contributed by atoms with Gasteiger partial charge in [-0.2, -0.15) is 0 Å². The molecule has 0 amide bonds. The van der Waals surface area contributed by atoms with Crippen molar-refractivity contribution in [2.45, 2.75) is 44.4 Å². The van der Waals surface area contributed by atoms with E-state index < -0.39 is 0 Å². The van der Waals surface area contributed by atoms with Gasteiger partial charge in [0, 0.05) is 5.38 Å². The van der Waals surface area contributed by atoms with Crippen molar-refractivity contribution in [3.05, 3.63) is 35.4 Å². The van der Waals surface area contributed by atoms with Crippen molar-refractivity contribution in [3.63, 3.8) is 0 Å². The smallest absolute Gasteiger partial charge is 0.0404 e. The molecule has 0 aliphatic heterocycles. The monoisotopic (exact) mass is 222 g/mol. The average molecular weight is 223 g/mol. The van der Waals surface area contributed by atoms with Crippen molar-refractivity contribution in [1.82, 2.24) is 0 Å². The topological polar surface area (TPSA) is 0 Å². The Morgan fingerprint density at radius 1 is 1.33 bits per heavy atom. The first-order valence-electron chi connectivity index (χ1n) is 5.95. The van der Waals surface area contributed by atoms with Crippen LogP contribution < -0.4 is 0 Å². The molecule has 15 heavy (non-hydrogen) atoms. The maximum Gasteiger partial charge on any atom is 0.0404 e. The van der Waals surface area contributed by atoms with Crippen molar-refractivity contribution >= 4 is 11.6 Å². The Hall–Kier alpha value is -0.490. The number of rotatable bonds is 3. The summed E-state index contributed by atoms with van der Waals surface area (Å²) >= 11 is 6.47. The minimum Gasteiger partial charge on any atom is -0.122 e. The Labute approximate surface area is 97.6 Å². The van der Waals surface area contributed by atoms with Gasteiger partial charge in [-0.15, -0.1) is 11.6 Å². The summed E-state index contributed by atoms with van der Waals surface area (Å²) in [5.74, 6) is 0.757. The third-order valence-corrected chi connectivity index (χ3v) is 3.94. The highest BCUT2D eigenvalue weighted by Crippen LogP contribution is 2.32. The molecule has 0 spiro atoms. The van der Waals surface area contributed by atoms with Crippen LogP contribution in [-0.2, 0) is 6.42 Å². The van der Waals surface area contributed by atoms with Crippen LogP contribution in [-0.4, -0.2) is 5.38 Å². The van der Waals surface area contributed by atoms with Crippen molar-refractivity contribution in [1.29, 1.82) is 0 Å². The Morgan fingerprint density at radius 3 is 2.73 bits per heavy atom. The molecule has 2 rings (SSSR count). The van der Waals surface area contributed by atoms with Gasteiger partial charge < -0.3 is 0 Å². The van der Waals surface area contributed by atoms with Crippen LogP contribution in [0.2, 0.25) is 0 Å². The Kier molecular flexibility index (Phi) is 3.69. The van der Waals surface area contributed by atoms with Gasteiger partial charge in [0.25, 0.3) is 0 Å². The van der Waals surface area contributed by atoms with Crippen LogP contribution in [0.4, 0.5) is 0 Å². The number of aryl methyl sites for hydroxylation is 1. The standard InChI is InChI=1S/C14H19Cl/c1-11-5-4-6-12(9-11)10-14(15)13-7-2-3-8-13/h4-6,9,13-14H,2-3,7-8,10H2,1H3. The molecule has 1 aliphatic carbocycles. The summed E-state index contributed by atoms with van der Waals surface area (Å²) in [7, 11) is 0. The summed E-state index contributed by atoms with van der Waals surface area (Å²) in [6, 6.07) is 8.72. The van der Waals surface area contributed by atoms with E-state index in [1.54, 1.807) is 0 Å². The molecule has 1 fully saturated rings. The van der Waals surface area contributed by atoms with Crippen LogP contribution in [0, 0.1) is 12.8 Å². The van der Waals surface area contributed by atoms with Gasteiger partial charge in [-0.25, -0.2) is 0 Å².